The molecule has 1 aliphatic rings. The number of pyridine rings is 2. The molecule has 0 radical (unpaired) electrons. The van der Waals surface area contributed by atoms with Crippen LogP contribution < -0.4 is 10.9 Å². The number of hydrogen-bond acceptors (Lipinski definition) is 7. The molecule has 1 amide bonds. The van der Waals surface area contributed by atoms with Crippen molar-refractivity contribution >= 4 is 34.7 Å². The van der Waals surface area contributed by atoms with Crippen LogP contribution in [-0.2, 0) is 11.3 Å². The summed E-state index contributed by atoms with van der Waals surface area (Å²) in [6.45, 7) is 7.28. The van der Waals surface area contributed by atoms with Crippen molar-refractivity contribution in [3.05, 3.63) is 67.4 Å². The first-order valence-electron chi connectivity index (χ1n) is 14.3. The van der Waals surface area contributed by atoms with Gasteiger partial charge in [0, 0.05) is 56.4 Å². The average Bonchev–Trinajstić information content (AvgIpc) is 3.23. The van der Waals surface area contributed by atoms with Crippen molar-refractivity contribution in [3.63, 3.8) is 0 Å². The summed E-state index contributed by atoms with van der Waals surface area (Å²) in [5.41, 5.74) is 2.06. The van der Waals surface area contributed by atoms with Crippen molar-refractivity contribution in [3.8, 4) is 0 Å². The van der Waals surface area contributed by atoms with Crippen LogP contribution in [0.15, 0.2) is 34.1 Å². The second kappa shape index (κ2) is 12.7. The fourth-order valence-corrected chi connectivity index (χ4v) is 7.69. The highest BCUT2D eigenvalue weighted by Gasteiger charge is 2.49. The minimum Gasteiger partial charge on any atom is -0.481 e. The number of nitro groups is 1. The molecule has 226 valence electrons. The van der Waals surface area contributed by atoms with Crippen LogP contribution in [0.3, 0.4) is 0 Å². The number of fused-ring (bicyclic) bond motifs is 1. The molecule has 4 rings (SSSR count). The van der Waals surface area contributed by atoms with Crippen LogP contribution in [0.2, 0.25) is 0 Å². The quantitative estimate of drug-likeness (QED) is 0.156. The summed E-state index contributed by atoms with van der Waals surface area (Å²) in [5, 5.41) is 25.1. The number of aromatic nitrogens is 3. The Morgan fingerprint density at radius 2 is 2.02 bits per heavy atom. The van der Waals surface area contributed by atoms with Crippen LogP contribution in [0.1, 0.15) is 79.3 Å². The Balaban J connectivity index is 1.61. The van der Waals surface area contributed by atoms with Gasteiger partial charge in [0.2, 0.25) is 6.54 Å². The fourth-order valence-electron chi connectivity index (χ4n) is 6.99. The SMILES string of the molecule is CCC(C(=O)O)C1(C[N+](=O)[O-])CCC(C(C)n2c(C)c(C(=O)NCc3c(SC)cc(C)[nH]c3=O)c3cccnc32)CC1. The Morgan fingerprint density at radius 1 is 1.33 bits per heavy atom. The van der Waals surface area contributed by atoms with Crippen molar-refractivity contribution in [2.75, 3.05) is 12.8 Å². The normalized spacial score (nSPS) is 20.3. The maximum Gasteiger partial charge on any atom is 0.307 e. The van der Waals surface area contributed by atoms with Gasteiger partial charge in [0.1, 0.15) is 5.65 Å². The number of aromatic amines is 1. The summed E-state index contributed by atoms with van der Waals surface area (Å²) in [4.78, 5) is 57.7. The number of rotatable bonds is 11. The van der Waals surface area contributed by atoms with E-state index in [4.69, 9.17) is 0 Å². The summed E-state index contributed by atoms with van der Waals surface area (Å²) in [7, 11) is 0. The lowest BCUT2D eigenvalue weighted by Gasteiger charge is -2.42. The van der Waals surface area contributed by atoms with E-state index in [1.165, 1.54) is 11.8 Å². The molecule has 2 unspecified atom stereocenters. The molecule has 3 N–H and O–H groups in total. The number of carboxylic acids is 1. The molecule has 0 spiro atoms. The highest BCUT2D eigenvalue weighted by molar-refractivity contribution is 7.98. The van der Waals surface area contributed by atoms with E-state index >= 15 is 0 Å². The summed E-state index contributed by atoms with van der Waals surface area (Å²) in [6, 6.07) is 5.46. The molecular formula is C30H39N5O6S. The lowest BCUT2D eigenvalue weighted by molar-refractivity contribution is -0.501. The monoisotopic (exact) mass is 597 g/mol. The Kier molecular flexibility index (Phi) is 9.44. The minimum absolute atomic E-state index is 0.0782. The molecule has 1 aliphatic carbocycles. The van der Waals surface area contributed by atoms with E-state index in [1.54, 1.807) is 19.2 Å². The first kappa shape index (κ1) is 31.3. The third-order valence-corrected chi connectivity index (χ3v) is 9.92. The molecule has 0 aromatic carbocycles. The number of nitrogens with zero attached hydrogens (tertiary/aromatic N) is 3. The van der Waals surface area contributed by atoms with Gasteiger partial charge in [0.15, 0.2) is 0 Å². The molecule has 0 aliphatic heterocycles. The van der Waals surface area contributed by atoms with E-state index in [9.17, 15) is 29.6 Å². The van der Waals surface area contributed by atoms with Gasteiger partial charge in [-0.25, -0.2) is 4.98 Å². The van der Waals surface area contributed by atoms with Crippen LogP contribution in [0.5, 0.6) is 0 Å². The second-order valence-electron chi connectivity index (χ2n) is 11.4. The number of carboxylic acid groups (broad SMARTS) is 1. The lowest BCUT2D eigenvalue weighted by Crippen LogP contribution is -2.44. The maximum atomic E-state index is 13.6. The van der Waals surface area contributed by atoms with E-state index in [2.05, 4.69) is 26.8 Å². The highest BCUT2D eigenvalue weighted by atomic mass is 32.2. The minimum atomic E-state index is -0.977. The first-order chi connectivity index (χ1) is 19.9. The topological polar surface area (TPSA) is 160 Å². The zero-order chi connectivity index (χ0) is 30.8. The van der Waals surface area contributed by atoms with Gasteiger partial charge in [-0.1, -0.05) is 6.92 Å². The third-order valence-electron chi connectivity index (χ3n) is 9.11. The Bertz CT molecular complexity index is 1560. The van der Waals surface area contributed by atoms with Crippen molar-refractivity contribution in [1.29, 1.82) is 0 Å². The van der Waals surface area contributed by atoms with Gasteiger partial charge in [-0.05, 0) is 83.2 Å². The lowest BCUT2D eigenvalue weighted by atomic mass is 9.62. The molecule has 0 saturated heterocycles. The van der Waals surface area contributed by atoms with Gasteiger partial charge in [-0.2, -0.15) is 0 Å². The van der Waals surface area contributed by atoms with Crippen LogP contribution >= 0.6 is 11.8 Å². The van der Waals surface area contributed by atoms with E-state index < -0.39 is 17.3 Å². The van der Waals surface area contributed by atoms with Gasteiger partial charge in [0.05, 0.1) is 11.5 Å². The molecule has 1 saturated carbocycles. The summed E-state index contributed by atoms with van der Waals surface area (Å²) < 4.78 is 2.07. The number of nitrogens with one attached hydrogen (secondary N) is 2. The van der Waals surface area contributed by atoms with Crippen LogP contribution in [-0.4, -0.2) is 49.2 Å². The van der Waals surface area contributed by atoms with Gasteiger partial charge in [-0.15, -0.1) is 11.8 Å². The number of thioether (sulfide) groups is 1. The zero-order valence-electron chi connectivity index (χ0n) is 24.7. The van der Waals surface area contributed by atoms with E-state index in [1.807, 2.05) is 32.2 Å². The Labute approximate surface area is 248 Å². The van der Waals surface area contributed by atoms with Crippen molar-refractivity contribution in [2.24, 2.45) is 17.3 Å². The summed E-state index contributed by atoms with van der Waals surface area (Å²) in [5.74, 6) is -1.92. The summed E-state index contributed by atoms with van der Waals surface area (Å²) >= 11 is 1.45. The number of hydrogen-bond donors (Lipinski definition) is 3. The number of H-pyrrole nitrogens is 1. The van der Waals surface area contributed by atoms with Gasteiger partial charge in [0.25, 0.3) is 11.5 Å². The summed E-state index contributed by atoms with van der Waals surface area (Å²) in [6.07, 6.45) is 6.11. The number of aliphatic carboxylic acids is 1. The molecule has 11 nitrogen and oxygen atoms in total. The van der Waals surface area contributed by atoms with Crippen molar-refractivity contribution in [1.82, 2.24) is 19.9 Å². The van der Waals surface area contributed by atoms with Gasteiger partial charge in [-0.3, -0.25) is 24.5 Å². The third kappa shape index (κ3) is 5.95. The molecule has 1 fully saturated rings. The van der Waals surface area contributed by atoms with Crippen molar-refractivity contribution < 1.29 is 19.6 Å². The molecule has 3 heterocycles. The number of aryl methyl sites for hydroxylation is 1. The molecule has 3 aromatic rings. The first-order valence-corrected chi connectivity index (χ1v) is 15.5. The molecule has 2 atom stereocenters. The standard InChI is InChI=1S/C30H39N5O6S/c1-6-23(29(38)39)30(16-34(40)41)11-9-20(10-12-30)18(3)35-19(4)25(21-8-7-13-31-26(21)35)28(37)32-15-22-24(42-5)14-17(2)33-27(22)36/h7-8,13-14,18,20,23H,6,9-12,15-16H2,1-5H3,(H,32,37)(H,33,36)(H,38,39). The van der Waals surface area contributed by atoms with E-state index in [0.29, 0.717) is 54.3 Å². The fraction of sp³-hybridized carbons (Fsp3) is 0.533. The highest BCUT2D eigenvalue weighted by Crippen LogP contribution is 2.49. The predicted octanol–water partition coefficient (Wildman–Crippen LogP) is 5.12. The Morgan fingerprint density at radius 3 is 2.62 bits per heavy atom. The number of carbonyl (C=O) groups is 2. The van der Waals surface area contributed by atoms with E-state index in [-0.39, 0.29) is 41.4 Å². The Hall–Kier alpha value is -3.67. The zero-order valence-corrected chi connectivity index (χ0v) is 25.5. The average molecular weight is 598 g/mol. The predicted molar refractivity (Wildman–Crippen MR) is 162 cm³/mol. The largest absolute Gasteiger partial charge is 0.481 e. The van der Waals surface area contributed by atoms with Crippen LogP contribution in [0, 0.1) is 41.2 Å². The maximum absolute atomic E-state index is 13.6. The van der Waals surface area contributed by atoms with E-state index in [0.717, 1.165) is 16.3 Å². The van der Waals surface area contributed by atoms with Gasteiger partial charge < -0.3 is 20.0 Å². The smallest absolute Gasteiger partial charge is 0.307 e. The van der Waals surface area contributed by atoms with Crippen LogP contribution in [0.4, 0.5) is 0 Å². The van der Waals surface area contributed by atoms with Crippen LogP contribution in [0.25, 0.3) is 11.0 Å². The molecule has 42 heavy (non-hydrogen) atoms. The number of carbonyl (C=O) groups excluding carboxylic acids is 1. The van der Waals surface area contributed by atoms with Gasteiger partial charge >= 0.3 is 5.97 Å². The molecular weight excluding hydrogens is 558 g/mol. The molecule has 3 aromatic heterocycles. The molecule has 12 heteroatoms. The second-order valence-corrected chi connectivity index (χ2v) is 12.3. The van der Waals surface area contributed by atoms with Crippen molar-refractivity contribution in [2.45, 2.75) is 77.3 Å². The number of amides is 1. The molecule has 0 bridgehead atoms.